The third-order valence-electron chi connectivity index (χ3n) is 4.41. The van der Waals surface area contributed by atoms with Crippen LogP contribution >= 0.6 is 0 Å². The van der Waals surface area contributed by atoms with E-state index in [1.54, 1.807) is 26.4 Å². The molecule has 7 heteroatoms. The zero-order valence-electron chi connectivity index (χ0n) is 16.4. The van der Waals surface area contributed by atoms with E-state index in [9.17, 15) is 4.79 Å². The number of hydrogen-bond acceptors (Lipinski definition) is 5. The molecule has 0 unspecified atom stereocenters. The van der Waals surface area contributed by atoms with Crippen molar-refractivity contribution < 1.29 is 14.3 Å². The molecule has 1 heterocycles. The highest BCUT2D eigenvalue weighted by Crippen LogP contribution is 2.32. The first-order valence-corrected chi connectivity index (χ1v) is 8.84. The Balaban J connectivity index is 1.69. The van der Waals surface area contributed by atoms with Crippen LogP contribution in [-0.4, -0.2) is 44.4 Å². The van der Waals surface area contributed by atoms with Crippen molar-refractivity contribution in [2.24, 2.45) is 0 Å². The predicted molar refractivity (Wildman–Crippen MR) is 109 cm³/mol. The van der Waals surface area contributed by atoms with Crippen LogP contribution in [0, 0.1) is 0 Å². The number of benzene rings is 2. The molecule has 0 radical (unpaired) electrons. The van der Waals surface area contributed by atoms with E-state index in [1.165, 1.54) is 0 Å². The average Bonchev–Trinajstić information content (AvgIpc) is 3.21. The smallest absolute Gasteiger partial charge is 0.269 e. The summed E-state index contributed by atoms with van der Waals surface area (Å²) in [5, 5.41) is 9.93. The predicted octanol–water partition coefficient (Wildman–Crippen LogP) is 3.09. The van der Waals surface area contributed by atoms with Crippen molar-refractivity contribution in [2.45, 2.75) is 6.54 Å². The summed E-state index contributed by atoms with van der Waals surface area (Å²) in [6.45, 7) is 0.437. The number of aromatic amines is 1. The molecule has 1 amide bonds. The van der Waals surface area contributed by atoms with E-state index in [1.807, 2.05) is 55.4 Å². The van der Waals surface area contributed by atoms with Crippen molar-refractivity contribution in [3.8, 4) is 22.8 Å². The Kier molecular flexibility index (Phi) is 5.84. The van der Waals surface area contributed by atoms with Gasteiger partial charge in [0.2, 0.25) is 0 Å². The third kappa shape index (κ3) is 4.25. The van der Waals surface area contributed by atoms with Crippen LogP contribution in [0.2, 0.25) is 0 Å². The normalized spacial score (nSPS) is 10.4. The van der Waals surface area contributed by atoms with E-state index in [4.69, 9.17) is 9.47 Å². The second-order valence-electron chi connectivity index (χ2n) is 6.48. The van der Waals surface area contributed by atoms with Crippen molar-refractivity contribution in [3.63, 3.8) is 0 Å². The average molecular weight is 380 g/mol. The standard InChI is InChI=1S/C21H24N4O3/c1-25(2)15-7-5-14(6-8-15)13-22-21(26)19-12-18(23-24-19)17-10-9-16(27-3)11-20(17)28-4/h5-12H,13H2,1-4H3,(H,22,26)(H,23,24). The van der Waals surface area contributed by atoms with Crippen molar-refractivity contribution in [3.05, 3.63) is 59.8 Å². The van der Waals surface area contributed by atoms with E-state index < -0.39 is 0 Å². The maximum Gasteiger partial charge on any atom is 0.269 e. The summed E-state index contributed by atoms with van der Waals surface area (Å²) in [7, 11) is 7.16. The zero-order chi connectivity index (χ0) is 20.1. The Morgan fingerprint density at radius 3 is 2.46 bits per heavy atom. The van der Waals surface area contributed by atoms with Crippen molar-refractivity contribution >= 4 is 11.6 Å². The van der Waals surface area contributed by atoms with E-state index in [0.29, 0.717) is 29.4 Å². The van der Waals surface area contributed by atoms with Gasteiger partial charge in [-0.25, -0.2) is 0 Å². The number of hydrogen-bond donors (Lipinski definition) is 2. The number of nitrogens with one attached hydrogen (secondary N) is 2. The Hall–Kier alpha value is -3.48. The molecule has 1 aromatic heterocycles. The van der Waals surface area contributed by atoms with Crippen LogP contribution in [0.15, 0.2) is 48.5 Å². The molecule has 28 heavy (non-hydrogen) atoms. The second-order valence-corrected chi connectivity index (χ2v) is 6.48. The van der Waals surface area contributed by atoms with Gasteiger partial charge in [0, 0.05) is 38.0 Å². The number of aromatic nitrogens is 2. The van der Waals surface area contributed by atoms with Gasteiger partial charge in [0.05, 0.1) is 19.9 Å². The van der Waals surface area contributed by atoms with Gasteiger partial charge in [0.15, 0.2) is 0 Å². The summed E-state index contributed by atoms with van der Waals surface area (Å²) in [6, 6.07) is 15.2. The van der Waals surface area contributed by atoms with Gasteiger partial charge in [-0.2, -0.15) is 5.10 Å². The Bertz CT molecular complexity index is 949. The molecule has 0 spiro atoms. The fourth-order valence-corrected chi connectivity index (χ4v) is 2.78. The lowest BCUT2D eigenvalue weighted by molar-refractivity contribution is 0.0946. The number of nitrogens with zero attached hydrogens (tertiary/aromatic N) is 2. The SMILES string of the molecule is COc1ccc(-c2cc(C(=O)NCc3ccc(N(C)C)cc3)[nH]n2)c(OC)c1. The van der Waals surface area contributed by atoms with Gasteiger partial charge in [-0.15, -0.1) is 0 Å². The number of carbonyl (C=O) groups is 1. The fourth-order valence-electron chi connectivity index (χ4n) is 2.78. The molecule has 0 bridgehead atoms. The Morgan fingerprint density at radius 1 is 1.07 bits per heavy atom. The molecular formula is C21H24N4O3. The monoisotopic (exact) mass is 380 g/mol. The molecule has 0 saturated carbocycles. The van der Waals surface area contributed by atoms with E-state index in [0.717, 1.165) is 16.8 Å². The molecule has 0 saturated heterocycles. The van der Waals surface area contributed by atoms with Crippen LogP contribution < -0.4 is 19.7 Å². The molecule has 3 rings (SSSR count). The largest absolute Gasteiger partial charge is 0.497 e. The number of anilines is 1. The third-order valence-corrected chi connectivity index (χ3v) is 4.41. The molecule has 0 aliphatic rings. The molecule has 0 fully saturated rings. The minimum absolute atomic E-state index is 0.220. The molecule has 3 aromatic rings. The number of rotatable bonds is 7. The first-order chi connectivity index (χ1) is 13.5. The van der Waals surface area contributed by atoms with Gasteiger partial charge < -0.3 is 19.7 Å². The van der Waals surface area contributed by atoms with Crippen LogP contribution in [0.25, 0.3) is 11.3 Å². The summed E-state index contributed by atoms with van der Waals surface area (Å²) < 4.78 is 10.6. The van der Waals surface area contributed by atoms with Gasteiger partial charge in [0.1, 0.15) is 17.2 Å². The van der Waals surface area contributed by atoms with Gasteiger partial charge in [0.25, 0.3) is 5.91 Å². The van der Waals surface area contributed by atoms with Gasteiger partial charge in [-0.05, 0) is 35.9 Å². The van der Waals surface area contributed by atoms with Gasteiger partial charge in [-0.1, -0.05) is 12.1 Å². The number of methoxy groups -OCH3 is 2. The quantitative estimate of drug-likeness (QED) is 0.658. The minimum Gasteiger partial charge on any atom is -0.497 e. The zero-order valence-corrected chi connectivity index (χ0v) is 16.4. The summed E-state index contributed by atoms with van der Waals surface area (Å²) in [5.41, 5.74) is 3.92. The van der Waals surface area contributed by atoms with Crippen molar-refractivity contribution in [1.82, 2.24) is 15.5 Å². The molecular weight excluding hydrogens is 356 g/mol. The van der Waals surface area contributed by atoms with E-state index in [2.05, 4.69) is 15.5 Å². The first kappa shape index (κ1) is 19.3. The number of ether oxygens (including phenoxy) is 2. The number of carbonyl (C=O) groups excluding carboxylic acids is 1. The van der Waals surface area contributed by atoms with Crippen LogP contribution in [0.3, 0.4) is 0 Å². The van der Waals surface area contributed by atoms with Crippen LogP contribution in [-0.2, 0) is 6.54 Å². The number of H-pyrrole nitrogens is 1. The maximum absolute atomic E-state index is 12.5. The summed E-state index contributed by atoms with van der Waals surface area (Å²) in [6.07, 6.45) is 0. The topological polar surface area (TPSA) is 79.5 Å². The van der Waals surface area contributed by atoms with Gasteiger partial charge >= 0.3 is 0 Å². The van der Waals surface area contributed by atoms with Crippen LogP contribution in [0.5, 0.6) is 11.5 Å². The fraction of sp³-hybridized carbons (Fsp3) is 0.238. The van der Waals surface area contributed by atoms with E-state index >= 15 is 0 Å². The summed E-state index contributed by atoms with van der Waals surface area (Å²) in [5.74, 6) is 1.09. The molecule has 0 aliphatic carbocycles. The Labute approximate surface area is 164 Å². The molecule has 2 N–H and O–H groups in total. The highest BCUT2D eigenvalue weighted by Gasteiger charge is 2.14. The molecule has 146 valence electrons. The minimum atomic E-state index is -0.220. The maximum atomic E-state index is 12.5. The van der Waals surface area contributed by atoms with E-state index in [-0.39, 0.29) is 5.91 Å². The highest BCUT2D eigenvalue weighted by molar-refractivity contribution is 5.93. The summed E-state index contributed by atoms with van der Waals surface area (Å²) in [4.78, 5) is 14.5. The second kappa shape index (κ2) is 8.47. The molecule has 0 atom stereocenters. The van der Waals surface area contributed by atoms with Crippen LogP contribution in [0.4, 0.5) is 5.69 Å². The lowest BCUT2D eigenvalue weighted by atomic mass is 10.1. The summed E-state index contributed by atoms with van der Waals surface area (Å²) >= 11 is 0. The van der Waals surface area contributed by atoms with Gasteiger partial charge in [-0.3, -0.25) is 9.89 Å². The number of amides is 1. The van der Waals surface area contributed by atoms with Crippen molar-refractivity contribution in [1.29, 1.82) is 0 Å². The lowest BCUT2D eigenvalue weighted by Crippen LogP contribution is -2.23. The van der Waals surface area contributed by atoms with Crippen molar-refractivity contribution in [2.75, 3.05) is 33.2 Å². The highest BCUT2D eigenvalue weighted by atomic mass is 16.5. The molecule has 0 aliphatic heterocycles. The first-order valence-electron chi connectivity index (χ1n) is 8.84. The molecule has 7 nitrogen and oxygen atoms in total. The molecule has 2 aromatic carbocycles. The van der Waals surface area contributed by atoms with Crippen LogP contribution in [0.1, 0.15) is 16.1 Å². The lowest BCUT2D eigenvalue weighted by Gasteiger charge is -2.12. The Morgan fingerprint density at radius 2 is 1.82 bits per heavy atom.